The number of furan rings is 1. The average Bonchev–Trinajstić information content (AvgIpc) is 3.14. The predicted molar refractivity (Wildman–Crippen MR) is 82.3 cm³/mol. The molecule has 0 saturated heterocycles. The number of nitro groups is 1. The van der Waals surface area contributed by atoms with Gasteiger partial charge in [0.15, 0.2) is 5.76 Å². The first-order valence-corrected chi connectivity index (χ1v) is 6.74. The molecule has 0 bridgehead atoms. The molecule has 2 heterocycles. The Hall–Kier alpha value is -3.13. The van der Waals surface area contributed by atoms with Gasteiger partial charge in [-0.25, -0.2) is 4.68 Å². The Labute approximate surface area is 134 Å². The topological polar surface area (TPSA) is 107 Å². The predicted octanol–water partition coefficient (Wildman–Crippen LogP) is 3.50. The molecular formula is C14H9ClN4O4. The molecule has 0 aliphatic rings. The lowest BCUT2D eigenvalue weighted by molar-refractivity contribution is -0.401. The molecule has 8 nitrogen and oxygen atoms in total. The first-order chi connectivity index (χ1) is 11.1. The van der Waals surface area contributed by atoms with Crippen LogP contribution in [0.15, 0.2) is 52.2 Å². The van der Waals surface area contributed by atoms with Gasteiger partial charge in [-0.1, -0.05) is 22.8 Å². The third kappa shape index (κ3) is 2.92. The third-order valence-electron chi connectivity index (χ3n) is 3.02. The van der Waals surface area contributed by atoms with Crippen LogP contribution in [0.4, 0.5) is 5.88 Å². The van der Waals surface area contributed by atoms with E-state index in [2.05, 4.69) is 10.3 Å². The van der Waals surface area contributed by atoms with Crippen LogP contribution in [0.25, 0.3) is 17.1 Å². The molecule has 0 saturated carbocycles. The van der Waals surface area contributed by atoms with E-state index in [-0.39, 0.29) is 5.76 Å². The van der Waals surface area contributed by atoms with E-state index in [0.29, 0.717) is 22.0 Å². The minimum Gasteiger partial charge on any atom is -0.411 e. The van der Waals surface area contributed by atoms with Crippen molar-refractivity contribution in [2.24, 2.45) is 5.16 Å². The zero-order valence-corrected chi connectivity index (χ0v) is 12.2. The minimum absolute atomic E-state index is 0.187. The van der Waals surface area contributed by atoms with Gasteiger partial charge in [0, 0.05) is 16.8 Å². The molecule has 1 aromatic carbocycles. The first-order valence-electron chi connectivity index (χ1n) is 6.36. The number of aromatic nitrogens is 2. The van der Waals surface area contributed by atoms with Crippen molar-refractivity contribution >= 4 is 23.7 Å². The Morgan fingerprint density at radius 1 is 1.39 bits per heavy atom. The van der Waals surface area contributed by atoms with Crippen molar-refractivity contribution in [2.75, 3.05) is 0 Å². The van der Waals surface area contributed by atoms with Gasteiger partial charge in [-0.05, 0) is 24.3 Å². The standard InChI is InChI=1S/C14H9ClN4O4/c15-10-2-1-3-11(6-10)18-8-9(7-16-20)14(17-18)12-4-5-13(23-12)19(21)22/h1-8,20H. The maximum Gasteiger partial charge on any atom is 0.433 e. The van der Waals surface area contributed by atoms with Gasteiger partial charge in [-0.3, -0.25) is 10.1 Å². The van der Waals surface area contributed by atoms with Crippen molar-refractivity contribution in [3.63, 3.8) is 0 Å². The highest BCUT2D eigenvalue weighted by molar-refractivity contribution is 6.30. The molecule has 9 heteroatoms. The van der Waals surface area contributed by atoms with E-state index in [0.717, 1.165) is 6.21 Å². The molecule has 0 atom stereocenters. The van der Waals surface area contributed by atoms with Crippen LogP contribution in [0.2, 0.25) is 5.02 Å². The Morgan fingerprint density at radius 3 is 2.87 bits per heavy atom. The molecule has 0 aliphatic heterocycles. The largest absolute Gasteiger partial charge is 0.433 e. The second-order valence-corrected chi connectivity index (χ2v) is 4.93. The number of hydrogen-bond donors (Lipinski definition) is 1. The highest BCUT2D eigenvalue weighted by Gasteiger charge is 2.18. The Kier molecular flexibility index (Phi) is 3.82. The molecule has 23 heavy (non-hydrogen) atoms. The van der Waals surface area contributed by atoms with Crippen molar-refractivity contribution in [1.29, 1.82) is 0 Å². The third-order valence-corrected chi connectivity index (χ3v) is 3.25. The molecule has 116 valence electrons. The van der Waals surface area contributed by atoms with Crippen molar-refractivity contribution in [3.8, 4) is 17.1 Å². The molecule has 0 aliphatic carbocycles. The molecule has 0 spiro atoms. The van der Waals surface area contributed by atoms with Gasteiger partial charge in [-0.2, -0.15) is 5.10 Å². The van der Waals surface area contributed by atoms with E-state index in [9.17, 15) is 10.1 Å². The Bertz CT molecular complexity index is 900. The van der Waals surface area contributed by atoms with Crippen molar-refractivity contribution in [2.45, 2.75) is 0 Å². The summed E-state index contributed by atoms with van der Waals surface area (Å²) < 4.78 is 6.65. The van der Waals surface area contributed by atoms with Crippen LogP contribution in [-0.4, -0.2) is 26.1 Å². The monoisotopic (exact) mass is 332 g/mol. The van der Waals surface area contributed by atoms with Gasteiger partial charge in [0.05, 0.1) is 18.0 Å². The lowest BCUT2D eigenvalue weighted by Gasteiger charge is -2.00. The SMILES string of the molecule is O=[N+]([O-])c1ccc(-c2nn(-c3cccc(Cl)c3)cc2C=NO)o1. The summed E-state index contributed by atoms with van der Waals surface area (Å²) in [6.07, 6.45) is 2.76. The van der Waals surface area contributed by atoms with E-state index in [1.807, 2.05) is 0 Å². The molecule has 2 aromatic heterocycles. The summed E-state index contributed by atoms with van der Waals surface area (Å²) in [5.41, 5.74) is 1.41. The Balaban J connectivity index is 2.10. The second kappa shape index (κ2) is 5.93. The molecule has 1 N–H and O–H groups in total. The van der Waals surface area contributed by atoms with Crippen LogP contribution in [0.1, 0.15) is 5.56 Å². The van der Waals surface area contributed by atoms with E-state index < -0.39 is 10.8 Å². The second-order valence-electron chi connectivity index (χ2n) is 4.50. The number of oxime groups is 1. The molecule has 3 aromatic rings. The molecule has 0 radical (unpaired) electrons. The number of nitrogens with zero attached hydrogens (tertiary/aromatic N) is 4. The minimum atomic E-state index is -0.642. The van der Waals surface area contributed by atoms with Crippen LogP contribution in [0, 0.1) is 10.1 Å². The fourth-order valence-corrected chi connectivity index (χ4v) is 2.22. The van der Waals surface area contributed by atoms with Crippen molar-refractivity contribution in [1.82, 2.24) is 9.78 Å². The number of rotatable bonds is 4. The molecule has 3 rings (SSSR count). The van der Waals surface area contributed by atoms with Gasteiger partial charge in [0.1, 0.15) is 10.6 Å². The van der Waals surface area contributed by atoms with Gasteiger partial charge >= 0.3 is 5.88 Å². The summed E-state index contributed by atoms with van der Waals surface area (Å²) in [6, 6.07) is 9.62. The molecular weight excluding hydrogens is 324 g/mol. The van der Waals surface area contributed by atoms with E-state index >= 15 is 0 Å². The summed E-state index contributed by atoms with van der Waals surface area (Å²) in [4.78, 5) is 10.1. The van der Waals surface area contributed by atoms with Crippen molar-refractivity contribution < 1.29 is 14.5 Å². The van der Waals surface area contributed by atoms with Crippen LogP contribution in [-0.2, 0) is 0 Å². The molecule has 0 fully saturated rings. The molecule has 0 unspecified atom stereocenters. The van der Waals surface area contributed by atoms with E-state index in [4.69, 9.17) is 21.2 Å². The summed E-state index contributed by atoms with van der Waals surface area (Å²) in [6.45, 7) is 0. The maximum atomic E-state index is 10.7. The highest BCUT2D eigenvalue weighted by Crippen LogP contribution is 2.28. The molecule has 0 amide bonds. The normalized spacial score (nSPS) is 11.2. The summed E-state index contributed by atoms with van der Waals surface area (Å²) in [5, 5.41) is 27.3. The summed E-state index contributed by atoms with van der Waals surface area (Å²) in [5.74, 6) is -0.212. The smallest absolute Gasteiger partial charge is 0.411 e. The van der Waals surface area contributed by atoms with Gasteiger partial charge < -0.3 is 9.62 Å². The summed E-state index contributed by atoms with van der Waals surface area (Å²) >= 11 is 5.96. The van der Waals surface area contributed by atoms with Gasteiger partial charge in [0.2, 0.25) is 0 Å². The number of halogens is 1. The highest BCUT2D eigenvalue weighted by atomic mass is 35.5. The first kappa shape index (κ1) is 14.8. The van der Waals surface area contributed by atoms with E-state index in [1.165, 1.54) is 16.8 Å². The average molecular weight is 333 g/mol. The zero-order valence-electron chi connectivity index (χ0n) is 11.5. The van der Waals surface area contributed by atoms with Crippen LogP contribution >= 0.6 is 11.6 Å². The lowest BCUT2D eigenvalue weighted by atomic mass is 10.2. The number of benzene rings is 1. The lowest BCUT2D eigenvalue weighted by Crippen LogP contribution is -1.94. The quantitative estimate of drug-likeness (QED) is 0.340. The van der Waals surface area contributed by atoms with Crippen LogP contribution in [0.3, 0.4) is 0 Å². The fourth-order valence-electron chi connectivity index (χ4n) is 2.04. The fraction of sp³-hybridized carbons (Fsp3) is 0. The van der Waals surface area contributed by atoms with E-state index in [1.54, 1.807) is 30.5 Å². The maximum absolute atomic E-state index is 10.7. The summed E-state index contributed by atoms with van der Waals surface area (Å²) in [7, 11) is 0. The number of hydrogen-bond acceptors (Lipinski definition) is 6. The van der Waals surface area contributed by atoms with Crippen molar-refractivity contribution in [3.05, 3.63) is 63.3 Å². The van der Waals surface area contributed by atoms with Gasteiger partial charge in [0.25, 0.3) is 0 Å². The Morgan fingerprint density at radius 2 is 2.22 bits per heavy atom. The van der Waals surface area contributed by atoms with Crippen LogP contribution < -0.4 is 0 Å². The van der Waals surface area contributed by atoms with Gasteiger partial charge in [-0.15, -0.1) is 0 Å². The zero-order chi connectivity index (χ0) is 16.4. The van der Waals surface area contributed by atoms with Crippen LogP contribution in [0.5, 0.6) is 0 Å².